The summed E-state index contributed by atoms with van der Waals surface area (Å²) in [6.45, 7) is 4.54. The normalized spacial score (nSPS) is 20.6. The van der Waals surface area contributed by atoms with Gasteiger partial charge in [0.25, 0.3) is 0 Å². The number of ether oxygens (including phenoxy) is 2. The SMILES string of the molecule is O=C(CN1CC2COCCN2c2nc(-c3cc(CO)ccc3F)ncc21)NCC1CCOCC1. The van der Waals surface area contributed by atoms with Gasteiger partial charge >= 0.3 is 0 Å². The van der Waals surface area contributed by atoms with Crippen LogP contribution in [0, 0.1) is 11.7 Å². The number of nitrogens with one attached hydrogen (secondary N) is 1. The minimum absolute atomic E-state index is 0.0425. The van der Waals surface area contributed by atoms with Gasteiger partial charge in [-0.15, -0.1) is 0 Å². The molecule has 0 radical (unpaired) electrons. The zero-order valence-electron chi connectivity index (χ0n) is 19.1. The Morgan fingerprint density at radius 2 is 2.09 bits per heavy atom. The lowest BCUT2D eigenvalue weighted by Gasteiger charge is -2.45. The summed E-state index contributed by atoms with van der Waals surface area (Å²) in [6, 6.07) is 4.46. The van der Waals surface area contributed by atoms with Gasteiger partial charge in [0.2, 0.25) is 5.91 Å². The van der Waals surface area contributed by atoms with Gasteiger partial charge < -0.3 is 29.7 Å². The Morgan fingerprint density at radius 1 is 1.24 bits per heavy atom. The number of morpholine rings is 1. The molecule has 3 aliphatic heterocycles. The summed E-state index contributed by atoms with van der Waals surface area (Å²) in [5.74, 6) is 0.881. The number of hydrogen-bond acceptors (Lipinski definition) is 8. The lowest BCUT2D eigenvalue weighted by Crippen LogP contribution is -2.57. The molecule has 3 aliphatic rings. The molecule has 1 aromatic heterocycles. The second-order valence-electron chi connectivity index (χ2n) is 9.04. The Hall–Kier alpha value is -2.82. The van der Waals surface area contributed by atoms with Crippen LogP contribution in [0.1, 0.15) is 18.4 Å². The van der Waals surface area contributed by atoms with Crippen molar-refractivity contribution in [2.75, 3.05) is 62.4 Å². The van der Waals surface area contributed by atoms with Gasteiger partial charge in [-0.1, -0.05) is 6.07 Å². The third kappa shape index (κ3) is 4.84. The van der Waals surface area contributed by atoms with Crippen molar-refractivity contribution in [3.63, 3.8) is 0 Å². The van der Waals surface area contributed by atoms with Crippen LogP contribution < -0.4 is 15.1 Å². The Labute approximate surface area is 197 Å². The van der Waals surface area contributed by atoms with E-state index in [1.807, 2.05) is 4.90 Å². The van der Waals surface area contributed by atoms with E-state index in [-0.39, 0.29) is 36.5 Å². The molecule has 182 valence electrons. The average Bonchev–Trinajstić information content (AvgIpc) is 2.88. The van der Waals surface area contributed by atoms with E-state index in [0.717, 1.165) is 31.7 Å². The first-order valence-electron chi connectivity index (χ1n) is 11.8. The van der Waals surface area contributed by atoms with Crippen molar-refractivity contribution in [1.29, 1.82) is 0 Å². The molecule has 1 aromatic carbocycles. The van der Waals surface area contributed by atoms with Crippen LogP contribution in [0.2, 0.25) is 0 Å². The number of carbonyl (C=O) groups excluding carboxylic acids is 1. The van der Waals surface area contributed by atoms with Gasteiger partial charge in [-0.05, 0) is 36.5 Å². The van der Waals surface area contributed by atoms with Gasteiger partial charge in [-0.25, -0.2) is 14.4 Å². The highest BCUT2D eigenvalue weighted by atomic mass is 19.1. The first kappa shape index (κ1) is 22.9. The maximum absolute atomic E-state index is 14.6. The number of carbonyl (C=O) groups is 1. The van der Waals surface area contributed by atoms with Crippen molar-refractivity contribution in [2.24, 2.45) is 5.92 Å². The molecule has 4 heterocycles. The molecule has 2 N–H and O–H groups in total. The van der Waals surface area contributed by atoms with E-state index in [2.05, 4.69) is 15.2 Å². The van der Waals surface area contributed by atoms with Crippen LogP contribution in [0.3, 0.4) is 0 Å². The first-order valence-corrected chi connectivity index (χ1v) is 11.8. The van der Waals surface area contributed by atoms with E-state index < -0.39 is 5.82 Å². The monoisotopic (exact) mass is 471 g/mol. The Bertz CT molecular complexity index is 1030. The van der Waals surface area contributed by atoms with Crippen LogP contribution in [-0.2, 0) is 20.9 Å². The van der Waals surface area contributed by atoms with Crippen LogP contribution in [0.25, 0.3) is 11.4 Å². The molecular weight excluding hydrogens is 441 g/mol. The summed E-state index contributed by atoms with van der Waals surface area (Å²) in [5.41, 5.74) is 1.58. The molecule has 0 spiro atoms. The summed E-state index contributed by atoms with van der Waals surface area (Å²) in [5, 5.41) is 12.5. The molecule has 1 amide bonds. The predicted octanol–water partition coefficient (Wildman–Crippen LogP) is 1.34. The van der Waals surface area contributed by atoms with Crippen molar-refractivity contribution < 1.29 is 23.8 Å². The molecule has 1 atom stereocenters. The minimum atomic E-state index is -0.448. The number of anilines is 2. The van der Waals surface area contributed by atoms with Crippen molar-refractivity contribution >= 4 is 17.4 Å². The van der Waals surface area contributed by atoms with Gasteiger partial charge in [0, 0.05) is 32.8 Å². The second-order valence-corrected chi connectivity index (χ2v) is 9.04. The highest BCUT2D eigenvalue weighted by molar-refractivity contribution is 5.84. The van der Waals surface area contributed by atoms with Crippen molar-refractivity contribution in [3.05, 3.63) is 35.8 Å². The number of aliphatic hydroxyl groups is 1. The largest absolute Gasteiger partial charge is 0.392 e. The maximum Gasteiger partial charge on any atom is 0.239 e. The van der Waals surface area contributed by atoms with Gasteiger partial charge in [-0.2, -0.15) is 0 Å². The third-order valence-electron chi connectivity index (χ3n) is 6.74. The fourth-order valence-electron chi connectivity index (χ4n) is 4.80. The highest BCUT2D eigenvalue weighted by Crippen LogP contribution is 2.36. The zero-order chi connectivity index (χ0) is 23.5. The lowest BCUT2D eigenvalue weighted by molar-refractivity contribution is -0.120. The molecule has 10 heteroatoms. The fraction of sp³-hybridized carbons (Fsp3) is 0.542. The molecule has 0 saturated carbocycles. The lowest BCUT2D eigenvalue weighted by atomic mass is 10.0. The molecule has 2 saturated heterocycles. The van der Waals surface area contributed by atoms with E-state index in [0.29, 0.717) is 50.1 Å². The number of fused-ring (bicyclic) bond motifs is 3. The van der Waals surface area contributed by atoms with Gasteiger partial charge in [0.1, 0.15) is 5.82 Å². The average molecular weight is 472 g/mol. The van der Waals surface area contributed by atoms with Crippen molar-refractivity contribution in [2.45, 2.75) is 25.5 Å². The number of benzene rings is 1. The highest BCUT2D eigenvalue weighted by Gasteiger charge is 2.35. The fourth-order valence-corrected chi connectivity index (χ4v) is 4.80. The summed E-state index contributed by atoms with van der Waals surface area (Å²) < 4.78 is 25.7. The summed E-state index contributed by atoms with van der Waals surface area (Å²) in [7, 11) is 0. The molecular formula is C24H30FN5O4. The van der Waals surface area contributed by atoms with E-state index in [9.17, 15) is 14.3 Å². The molecule has 2 aromatic rings. The van der Waals surface area contributed by atoms with E-state index >= 15 is 0 Å². The molecule has 9 nitrogen and oxygen atoms in total. The Kier molecular flexibility index (Phi) is 6.89. The quantitative estimate of drug-likeness (QED) is 0.651. The maximum atomic E-state index is 14.6. The summed E-state index contributed by atoms with van der Waals surface area (Å²) in [6.07, 6.45) is 3.60. The van der Waals surface area contributed by atoms with Crippen molar-refractivity contribution in [1.82, 2.24) is 15.3 Å². The molecule has 2 fully saturated rings. The summed E-state index contributed by atoms with van der Waals surface area (Å²) in [4.78, 5) is 26.1. The number of rotatable bonds is 6. The van der Waals surface area contributed by atoms with Crippen LogP contribution in [0.15, 0.2) is 24.4 Å². The standard InChI is InChI=1S/C24H30FN5O4/c25-20-2-1-17(14-31)9-19(20)23-27-11-21-24(28-23)30-5-8-34-15-18(30)12-29(21)13-22(32)26-10-16-3-6-33-7-4-16/h1-2,9,11,16,18,31H,3-8,10,12-15H2,(H,26,32). The smallest absolute Gasteiger partial charge is 0.239 e. The van der Waals surface area contributed by atoms with Crippen LogP contribution in [0.4, 0.5) is 15.9 Å². The Balaban J connectivity index is 1.38. The van der Waals surface area contributed by atoms with E-state index in [4.69, 9.17) is 14.5 Å². The number of halogens is 1. The predicted molar refractivity (Wildman–Crippen MR) is 124 cm³/mol. The Morgan fingerprint density at radius 3 is 2.91 bits per heavy atom. The van der Waals surface area contributed by atoms with Gasteiger partial charge in [-0.3, -0.25) is 4.79 Å². The second kappa shape index (κ2) is 10.2. The minimum Gasteiger partial charge on any atom is -0.392 e. The summed E-state index contributed by atoms with van der Waals surface area (Å²) >= 11 is 0. The van der Waals surface area contributed by atoms with Crippen LogP contribution in [0.5, 0.6) is 0 Å². The number of nitrogens with zero attached hydrogens (tertiary/aromatic N) is 4. The first-order chi connectivity index (χ1) is 16.6. The number of amides is 1. The third-order valence-corrected chi connectivity index (χ3v) is 6.74. The molecule has 5 rings (SSSR count). The molecule has 34 heavy (non-hydrogen) atoms. The van der Waals surface area contributed by atoms with Gasteiger partial charge in [0.15, 0.2) is 11.6 Å². The number of aliphatic hydroxyl groups excluding tert-OH is 1. The van der Waals surface area contributed by atoms with Crippen LogP contribution in [-0.4, -0.2) is 79.6 Å². The molecule has 0 aliphatic carbocycles. The molecule has 0 bridgehead atoms. The van der Waals surface area contributed by atoms with Crippen molar-refractivity contribution in [3.8, 4) is 11.4 Å². The number of aromatic nitrogens is 2. The zero-order valence-corrected chi connectivity index (χ0v) is 19.1. The van der Waals surface area contributed by atoms with E-state index in [1.54, 1.807) is 12.3 Å². The number of hydrogen-bond donors (Lipinski definition) is 2. The topological polar surface area (TPSA) is 100 Å². The van der Waals surface area contributed by atoms with Gasteiger partial charge in [0.05, 0.1) is 49.9 Å². The van der Waals surface area contributed by atoms with Crippen LogP contribution >= 0.6 is 0 Å². The molecule has 1 unspecified atom stereocenters. The van der Waals surface area contributed by atoms with E-state index in [1.165, 1.54) is 12.1 Å².